The number of nitro benzene ring substituents is 1. The highest BCUT2D eigenvalue weighted by molar-refractivity contribution is 7.99. The molecule has 0 radical (unpaired) electrons. The summed E-state index contributed by atoms with van der Waals surface area (Å²) in [5.74, 6) is 0.329. The number of nitrogens with one attached hydrogen (secondary N) is 1. The number of pyridine rings is 1. The molecule has 0 aliphatic rings. The van der Waals surface area contributed by atoms with E-state index in [2.05, 4.69) is 20.5 Å². The van der Waals surface area contributed by atoms with Crippen molar-refractivity contribution in [3.8, 4) is 17.1 Å². The first-order chi connectivity index (χ1) is 15.9. The Balaban J connectivity index is 1.56. The number of halogens is 1. The number of benzene rings is 2. The van der Waals surface area contributed by atoms with E-state index in [0.717, 1.165) is 16.8 Å². The number of hydrogen-bond acceptors (Lipinski definition) is 7. The van der Waals surface area contributed by atoms with E-state index in [4.69, 9.17) is 11.6 Å². The smallest absolute Gasteiger partial charge is 0.271 e. The van der Waals surface area contributed by atoms with E-state index in [-0.39, 0.29) is 22.4 Å². The maximum Gasteiger partial charge on any atom is 0.271 e. The molecule has 4 aromatic rings. The van der Waals surface area contributed by atoms with Gasteiger partial charge in [0, 0.05) is 35.8 Å². The van der Waals surface area contributed by atoms with Crippen LogP contribution in [0.4, 0.5) is 11.4 Å². The van der Waals surface area contributed by atoms with Gasteiger partial charge in [-0.1, -0.05) is 41.1 Å². The summed E-state index contributed by atoms with van der Waals surface area (Å²) in [5.41, 5.74) is 2.96. The topological polar surface area (TPSA) is 116 Å². The van der Waals surface area contributed by atoms with Gasteiger partial charge in [-0.2, -0.15) is 0 Å². The van der Waals surface area contributed by atoms with Crippen LogP contribution in [0.25, 0.3) is 17.1 Å². The molecule has 0 atom stereocenters. The van der Waals surface area contributed by atoms with Gasteiger partial charge in [0.25, 0.3) is 5.69 Å². The van der Waals surface area contributed by atoms with E-state index in [1.807, 2.05) is 47.9 Å². The molecule has 4 rings (SSSR count). The Kier molecular flexibility index (Phi) is 6.66. The molecule has 11 heteroatoms. The van der Waals surface area contributed by atoms with Crippen LogP contribution in [-0.2, 0) is 4.79 Å². The fourth-order valence-corrected chi connectivity index (χ4v) is 3.99. The summed E-state index contributed by atoms with van der Waals surface area (Å²) in [4.78, 5) is 26.9. The van der Waals surface area contributed by atoms with Crippen molar-refractivity contribution >= 4 is 40.6 Å². The molecule has 0 spiro atoms. The minimum atomic E-state index is -0.550. The Morgan fingerprint density at radius 1 is 1.12 bits per heavy atom. The van der Waals surface area contributed by atoms with Crippen LogP contribution < -0.4 is 5.32 Å². The molecule has 1 N–H and O–H groups in total. The van der Waals surface area contributed by atoms with Crippen molar-refractivity contribution in [3.05, 3.63) is 87.7 Å². The monoisotopic (exact) mass is 480 g/mol. The first kappa shape index (κ1) is 22.4. The zero-order valence-electron chi connectivity index (χ0n) is 17.3. The Morgan fingerprint density at radius 3 is 2.52 bits per heavy atom. The van der Waals surface area contributed by atoms with Gasteiger partial charge < -0.3 is 5.32 Å². The molecule has 0 bridgehead atoms. The summed E-state index contributed by atoms with van der Waals surface area (Å²) in [6, 6.07) is 15.5. The van der Waals surface area contributed by atoms with Gasteiger partial charge in [-0.3, -0.25) is 24.5 Å². The van der Waals surface area contributed by atoms with Gasteiger partial charge in [0.15, 0.2) is 11.0 Å². The second-order valence-corrected chi connectivity index (χ2v) is 8.32. The lowest BCUT2D eigenvalue weighted by molar-refractivity contribution is -0.384. The van der Waals surface area contributed by atoms with Crippen molar-refractivity contribution in [1.29, 1.82) is 0 Å². The zero-order chi connectivity index (χ0) is 23.4. The molecule has 2 aromatic heterocycles. The van der Waals surface area contributed by atoms with E-state index < -0.39 is 4.92 Å². The summed E-state index contributed by atoms with van der Waals surface area (Å²) >= 11 is 7.28. The lowest BCUT2D eigenvalue weighted by Crippen LogP contribution is -2.15. The first-order valence-electron chi connectivity index (χ1n) is 9.72. The number of rotatable bonds is 7. The Morgan fingerprint density at radius 2 is 1.85 bits per heavy atom. The highest BCUT2D eigenvalue weighted by Gasteiger charge is 2.18. The fourth-order valence-electron chi connectivity index (χ4n) is 3.01. The summed E-state index contributed by atoms with van der Waals surface area (Å²) in [6.07, 6.45) is 3.36. The molecule has 2 heterocycles. The van der Waals surface area contributed by atoms with Crippen molar-refractivity contribution in [2.75, 3.05) is 11.1 Å². The number of anilines is 1. The Hall–Kier alpha value is -3.76. The quantitative estimate of drug-likeness (QED) is 0.226. The predicted molar refractivity (Wildman–Crippen MR) is 127 cm³/mol. The second kappa shape index (κ2) is 9.80. The molecule has 9 nitrogen and oxygen atoms in total. The van der Waals surface area contributed by atoms with Crippen LogP contribution in [-0.4, -0.2) is 36.3 Å². The number of non-ortho nitro benzene ring substituents is 1. The van der Waals surface area contributed by atoms with Crippen LogP contribution in [0.2, 0.25) is 5.02 Å². The normalized spacial score (nSPS) is 10.7. The average molecular weight is 481 g/mol. The minimum absolute atomic E-state index is 0.0354. The molecule has 0 aliphatic carbocycles. The van der Waals surface area contributed by atoms with Crippen molar-refractivity contribution in [2.45, 2.75) is 12.1 Å². The number of hydrogen-bond donors (Lipinski definition) is 1. The average Bonchev–Trinajstić information content (AvgIpc) is 3.24. The van der Waals surface area contributed by atoms with Crippen molar-refractivity contribution in [2.24, 2.45) is 0 Å². The van der Waals surface area contributed by atoms with Crippen LogP contribution in [0.1, 0.15) is 5.56 Å². The molecule has 1 amide bonds. The number of thioether (sulfide) groups is 1. The van der Waals surface area contributed by atoms with Crippen LogP contribution in [0.3, 0.4) is 0 Å². The van der Waals surface area contributed by atoms with Gasteiger partial charge in [0.1, 0.15) is 0 Å². The summed E-state index contributed by atoms with van der Waals surface area (Å²) < 4.78 is 1.88. The lowest BCUT2D eigenvalue weighted by Gasteiger charge is -2.11. The zero-order valence-corrected chi connectivity index (χ0v) is 18.9. The lowest BCUT2D eigenvalue weighted by atomic mass is 10.2. The summed E-state index contributed by atoms with van der Waals surface area (Å²) in [5, 5.41) is 22.8. The third-order valence-corrected chi connectivity index (χ3v) is 5.88. The SMILES string of the molecule is Cc1ccc(-n2c(SCC(=O)Nc3ccc([N+](=O)[O-])cc3Cl)nnc2-c2ccncc2)cc1. The standard InChI is InChI=1S/C22H17ClN6O3S/c1-14-2-4-16(5-3-14)28-21(15-8-10-24-11-9-15)26-27-22(28)33-13-20(30)25-19-7-6-17(29(31)32)12-18(19)23/h2-12H,13H2,1H3,(H,25,30). The number of nitro groups is 1. The highest BCUT2D eigenvalue weighted by Crippen LogP contribution is 2.29. The third-order valence-electron chi connectivity index (χ3n) is 4.63. The number of nitrogens with zero attached hydrogens (tertiary/aromatic N) is 5. The van der Waals surface area contributed by atoms with Gasteiger partial charge in [-0.25, -0.2) is 0 Å². The van der Waals surface area contributed by atoms with E-state index in [9.17, 15) is 14.9 Å². The molecular formula is C22H17ClN6O3S. The van der Waals surface area contributed by atoms with Gasteiger partial charge in [-0.05, 0) is 37.3 Å². The van der Waals surface area contributed by atoms with Crippen molar-refractivity contribution < 1.29 is 9.72 Å². The predicted octanol–water partition coefficient (Wildman–Crippen LogP) is 4.93. The molecule has 2 aromatic carbocycles. The largest absolute Gasteiger partial charge is 0.324 e. The van der Waals surface area contributed by atoms with Crippen molar-refractivity contribution in [3.63, 3.8) is 0 Å². The molecule has 166 valence electrons. The molecule has 0 fully saturated rings. The maximum absolute atomic E-state index is 12.5. The van der Waals surface area contributed by atoms with Gasteiger partial charge in [0.05, 0.1) is 21.4 Å². The van der Waals surface area contributed by atoms with E-state index in [1.165, 1.54) is 30.0 Å². The summed E-state index contributed by atoms with van der Waals surface area (Å²) in [7, 11) is 0. The molecule has 0 saturated heterocycles. The van der Waals surface area contributed by atoms with Crippen LogP contribution in [0.15, 0.2) is 72.1 Å². The maximum atomic E-state index is 12.5. The fraction of sp³-hybridized carbons (Fsp3) is 0.0909. The van der Waals surface area contributed by atoms with Crippen LogP contribution >= 0.6 is 23.4 Å². The van der Waals surface area contributed by atoms with E-state index >= 15 is 0 Å². The van der Waals surface area contributed by atoms with Crippen LogP contribution in [0, 0.1) is 17.0 Å². The number of carbonyl (C=O) groups is 1. The number of amides is 1. The molecule has 33 heavy (non-hydrogen) atoms. The molecule has 0 unspecified atom stereocenters. The number of aromatic nitrogens is 4. The van der Waals surface area contributed by atoms with Crippen molar-refractivity contribution in [1.82, 2.24) is 19.7 Å². The molecule has 0 saturated carbocycles. The van der Waals surface area contributed by atoms with E-state index in [1.54, 1.807) is 12.4 Å². The van der Waals surface area contributed by atoms with Gasteiger partial charge in [-0.15, -0.1) is 10.2 Å². The number of carbonyl (C=O) groups excluding carboxylic acids is 1. The molecular weight excluding hydrogens is 464 g/mol. The third kappa shape index (κ3) is 5.18. The van der Waals surface area contributed by atoms with Gasteiger partial charge >= 0.3 is 0 Å². The Labute approximate surface area is 198 Å². The highest BCUT2D eigenvalue weighted by atomic mass is 35.5. The molecule has 0 aliphatic heterocycles. The summed E-state index contributed by atoms with van der Waals surface area (Å²) in [6.45, 7) is 2.00. The second-order valence-electron chi connectivity index (χ2n) is 6.97. The van der Waals surface area contributed by atoms with Gasteiger partial charge in [0.2, 0.25) is 5.91 Å². The van der Waals surface area contributed by atoms with E-state index in [0.29, 0.717) is 16.7 Å². The number of aryl methyl sites for hydroxylation is 1. The first-order valence-corrected chi connectivity index (χ1v) is 11.1. The minimum Gasteiger partial charge on any atom is -0.324 e. The Bertz CT molecular complexity index is 1310. The van der Waals surface area contributed by atoms with Crippen LogP contribution in [0.5, 0.6) is 0 Å².